The van der Waals surface area contributed by atoms with Crippen LogP contribution in [0.1, 0.15) is 32.3 Å². The maximum Gasteiger partial charge on any atom is 0.326 e. The quantitative estimate of drug-likeness (QED) is 0.821. The summed E-state index contributed by atoms with van der Waals surface area (Å²) in [5.41, 5.74) is 0.868. The molecule has 0 aromatic heterocycles. The highest BCUT2D eigenvalue weighted by atomic mass is 16.4. The lowest BCUT2D eigenvalue weighted by Crippen LogP contribution is -2.48. The Kier molecular flexibility index (Phi) is 6.56. The van der Waals surface area contributed by atoms with Crippen molar-refractivity contribution in [2.45, 2.75) is 39.2 Å². The Balaban J connectivity index is 1.89. The lowest BCUT2D eigenvalue weighted by atomic mass is 9.94. The van der Waals surface area contributed by atoms with Crippen molar-refractivity contribution in [2.24, 2.45) is 11.8 Å². The van der Waals surface area contributed by atoms with Crippen LogP contribution in [-0.4, -0.2) is 46.9 Å². The molecule has 0 radical (unpaired) electrons. The smallest absolute Gasteiger partial charge is 0.326 e. The summed E-state index contributed by atoms with van der Waals surface area (Å²) in [7, 11) is 0. The molecule has 1 aliphatic heterocycles. The van der Waals surface area contributed by atoms with E-state index in [1.807, 2.05) is 44.2 Å². The minimum absolute atomic E-state index is 0.0485. The Morgan fingerprint density at radius 2 is 1.76 bits per heavy atom. The van der Waals surface area contributed by atoms with Crippen molar-refractivity contribution in [1.29, 1.82) is 0 Å². The van der Waals surface area contributed by atoms with E-state index in [4.69, 9.17) is 0 Å². The molecule has 2 N–H and O–H groups in total. The predicted octanol–water partition coefficient (Wildman–Crippen LogP) is 1.69. The fraction of sp³-hybridized carbons (Fsp3) is 0.526. The van der Waals surface area contributed by atoms with Gasteiger partial charge in [0.15, 0.2) is 0 Å². The third kappa shape index (κ3) is 5.31. The molecule has 6 nitrogen and oxygen atoms in total. The zero-order chi connectivity index (χ0) is 18.4. The highest BCUT2D eigenvalue weighted by molar-refractivity contribution is 5.85. The van der Waals surface area contributed by atoms with Crippen molar-refractivity contribution >= 4 is 17.8 Å². The molecule has 1 aromatic rings. The van der Waals surface area contributed by atoms with E-state index < -0.39 is 12.0 Å². The number of rotatable bonds is 6. The average Bonchev–Trinajstić information content (AvgIpc) is 2.61. The average molecular weight is 346 g/mol. The third-order valence-corrected chi connectivity index (χ3v) is 4.57. The van der Waals surface area contributed by atoms with Gasteiger partial charge in [0.2, 0.25) is 11.8 Å². The van der Waals surface area contributed by atoms with Crippen molar-refractivity contribution in [3.63, 3.8) is 0 Å². The molecule has 136 valence electrons. The Morgan fingerprint density at radius 3 is 2.28 bits per heavy atom. The van der Waals surface area contributed by atoms with Crippen molar-refractivity contribution in [3.8, 4) is 0 Å². The van der Waals surface area contributed by atoms with Crippen LogP contribution in [0.25, 0.3) is 0 Å². The second kappa shape index (κ2) is 8.65. The van der Waals surface area contributed by atoms with E-state index in [9.17, 15) is 19.5 Å². The number of piperidine rings is 1. The molecule has 1 heterocycles. The molecule has 1 fully saturated rings. The monoisotopic (exact) mass is 346 g/mol. The molecule has 0 saturated carbocycles. The maximum atomic E-state index is 12.4. The summed E-state index contributed by atoms with van der Waals surface area (Å²) in [4.78, 5) is 37.7. The standard InChI is InChI=1S/C19H26N2O4/c1-13(2)18(23)21-10-8-15(9-11-21)17(22)20-16(19(24)25)12-14-6-4-3-5-7-14/h3-7,13,15-16H,8-12H2,1-2H3,(H,20,22)(H,24,25)/t16-/m0/s1. The molecule has 0 unspecified atom stereocenters. The van der Waals surface area contributed by atoms with Crippen molar-refractivity contribution in [2.75, 3.05) is 13.1 Å². The first kappa shape index (κ1) is 19.0. The van der Waals surface area contributed by atoms with Crippen LogP contribution in [0.4, 0.5) is 0 Å². The summed E-state index contributed by atoms with van der Waals surface area (Å²) in [6, 6.07) is 8.31. The molecular formula is C19H26N2O4. The number of likely N-dealkylation sites (tertiary alicyclic amines) is 1. The fourth-order valence-electron chi connectivity index (χ4n) is 3.07. The molecular weight excluding hydrogens is 320 g/mol. The van der Waals surface area contributed by atoms with Crippen molar-refractivity contribution in [3.05, 3.63) is 35.9 Å². The first-order valence-electron chi connectivity index (χ1n) is 8.74. The highest BCUT2D eigenvalue weighted by Crippen LogP contribution is 2.19. The molecule has 25 heavy (non-hydrogen) atoms. The molecule has 0 aliphatic carbocycles. The van der Waals surface area contributed by atoms with E-state index in [1.54, 1.807) is 4.90 Å². The minimum Gasteiger partial charge on any atom is -0.480 e. The van der Waals surface area contributed by atoms with Gasteiger partial charge < -0.3 is 15.3 Å². The molecule has 2 rings (SSSR count). The molecule has 0 bridgehead atoms. The van der Waals surface area contributed by atoms with Crippen LogP contribution in [0.3, 0.4) is 0 Å². The first-order chi connectivity index (χ1) is 11.9. The zero-order valence-electron chi connectivity index (χ0n) is 14.8. The van der Waals surface area contributed by atoms with Gasteiger partial charge in [0, 0.05) is 31.3 Å². The second-order valence-electron chi connectivity index (χ2n) is 6.84. The molecule has 1 saturated heterocycles. The molecule has 1 aliphatic rings. The van der Waals surface area contributed by atoms with E-state index >= 15 is 0 Å². The van der Waals surface area contributed by atoms with E-state index in [-0.39, 0.29) is 30.1 Å². The topological polar surface area (TPSA) is 86.7 Å². The Bertz CT molecular complexity index is 607. The largest absolute Gasteiger partial charge is 0.480 e. The van der Waals surface area contributed by atoms with Gasteiger partial charge in [-0.25, -0.2) is 4.79 Å². The number of carbonyl (C=O) groups is 3. The number of amides is 2. The summed E-state index contributed by atoms with van der Waals surface area (Å²) >= 11 is 0. The van der Waals surface area contributed by atoms with E-state index in [0.717, 1.165) is 5.56 Å². The second-order valence-corrected chi connectivity index (χ2v) is 6.84. The summed E-state index contributed by atoms with van der Waals surface area (Å²) < 4.78 is 0. The number of hydrogen-bond acceptors (Lipinski definition) is 3. The van der Waals surface area contributed by atoms with E-state index in [0.29, 0.717) is 25.9 Å². The van der Waals surface area contributed by atoms with E-state index in [2.05, 4.69) is 5.32 Å². The number of aliphatic carboxylic acids is 1. The number of nitrogens with zero attached hydrogens (tertiary/aromatic N) is 1. The lowest BCUT2D eigenvalue weighted by Gasteiger charge is -2.33. The number of nitrogens with one attached hydrogen (secondary N) is 1. The Labute approximate surface area is 148 Å². The van der Waals surface area contributed by atoms with Crippen LogP contribution in [-0.2, 0) is 20.8 Å². The molecule has 2 amide bonds. The van der Waals surface area contributed by atoms with Crippen LogP contribution < -0.4 is 5.32 Å². The third-order valence-electron chi connectivity index (χ3n) is 4.57. The highest BCUT2D eigenvalue weighted by Gasteiger charge is 2.30. The summed E-state index contributed by atoms with van der Waals surface area (Å²) in [5, 5.41) is 12.0. The van der Waals surface area contributed by atoms with Crippen LogP contribution >= 0.6 is 0 Å². The summed E-state index contributed by atoms with van der Waals surface area (Å²) in [6.07, 6.45) is 1.40. The molecule has 1 aromatic carbocycles. The van der Waals surface area contributed by atoms with Gasteiger partial charge in [-0.3, -0.25) is 9.59 Å². The molecule has 0 spiro atoms. The van der Waals surface area contributed by atoms with Gasteiger partial charge in [0.05, 0.1) is 0 Å². The number of carbonyl (C=O) groups excluding carboxylic acids is 2. The van der Waals surface area contributed by atoms with Gasteiger partial charge in [0.1, 0.15) is 6.04 Å². The van der Waals surface area contributed by atoms with Gasteiger partial charge in [-0.05, 0) is 18.4 Å². The maximum absolute atomic E-state index is 12.4. The normalized spacial score (nSPS) is 16.5. The Morgan fingerprint density at radius 1 is 1.16 bits per heavy atom. The number of carboxylic acids is 1. The summed E-state index contributed by atoms with van der Waals surface area (Å²) in [6.45, 7) is 4.82. The van der Waals surface area contributed by atoms with Gasteiger partial charge >= 0.3 is 5.97 Å². The van der Waals surface area contributed by atoms with Gasteiger partial charge in [-0.2, -0.15) is 0 Å². The van der Waals surface area contributed by atoms with Gasteiger partial charge in [-0.15, -0.1) is 0 Å². The summed E-state index contributed by atoms with van der Waals surface area (Å²) in [5.74, 6) is -1.46. The van der Waals surface area contributed by atoms with Crippen LogP contribution in [0.5, 0.6) is 0 Å². The minimum atomic E-state index is -1.04. The predicted molar refractivity (Wildman–Crippen MR) is 93.9 cm³/mol. The van der Waals surface area contributed by atoms with E-state index in [1.165, 1.54) is 0 Å². The lowest BCUT2D eigenvalue weighted by molar-refractivity contribution is -0.143. The van der Waals surface area contributed by atoms with Gasteiger partial charge in [-0.1, -0.05) is 44.2 Å². The van der Waals surface area contributed by atoms with Gasteiger partial charge in [0.25, 0.3) is 0 Å². The van der Waals surface area contributed by atoms with Crippen LogP contribution in [0.2, 0.25) is 0 Å². The molecule has 1 atom stereocenters. The SMILES string of the molecule is CC(C)C(=O)N1CCC(C(=O)N[C@@H](Cc2ccccc2)C(=O)O)CC1. The van der Waals surface area contributed by atoms with Crippen molar-refractivity contribution < 1.29 is 19.5 Å². The Hall–Kier alpha value is -2.37. The number of hydrogen-bond donors (Lipinski definition) is 2. The molecule has 6 heteroatoms. The first-order valence-corrected chi connectivity index (χ1v) is 8.74. The van der Waals surface area contributed by atoms with Crippen LogP contribution in [0, 0.1) is 11.8 Å². The zero-order valence-corrected chi connectivity index (χ0v) is 14.8. The van der Waals surface area contributed by atoms with Crippen molar-refractivity contribution in [1.82, 2.24) is 10.2 Å². The van der Waals surface area contributed by atoms with Crippen LogP contribution in [0.15, 0.2) is 30.3 Å². The number of benzene rings is 1. The number of carboxylic acid groups (broad SMARTS) is 1. The fourth-order valence-corrected chi connectivity index (χ4v) is 3.07.